The Hall–Kier alpha value is -1.17. The zero-order valence-electron chi connectivity index (χ0n) is 37.8. The zero-order valence-corrected chi connectivity index (χ0v) is 37.8. The first-order chi connectivity index (χ1) is 27.6. The molecule has 332 valence electrons. The van der Waals surface area contributed by atoms with Crippen molar-refractivity contribution < 1.29 is 20.1 Å². The highest BCUT2D eigenvalue weighted by Gasteiger charge is 2.26. The van der Waals surface area contributed by atoms with Crippen LogP contribution >= 0.6 is 0 Å². The van der Waals surface area contributed by atoms with Gasteiger partial charge in [-0.1, -0.05) is 237 Å². The van der Waals surface area contributed by atoms with E-state index < -0.39 is 18.2 Å². The number of amides is 1. The monoisotopic (exact) mass is 790 g/mol. The summed E-state index contributed by atoms with van der Waals surface area (Å²) in [7, 11) is 0. The first-order valence-corrected chi connectivity index (χ1v) is 25.1. The molecule has 0 aromatic heterocycles. The number of unbranched alkanes of at least 4 members (excludes halogenated alkanes) is 34. The maximum Gasteiger partial charge on any atom is 0.220 e. The van der Waals surface area contributed by atoms with Crippen molar-refractivity contribution in [1.82, 2.24) is 5.32 Å². The summed E-state index contributed by atoms with van der Waals surface area (Å²) in [5.41, 5.74) is 0. The molecule has 1 amide bonds. The number of aliphatic hydroxyl groups excluding tert-OH is 3. The van der Waals surface area contributed by atoms with Crippen LogP contribution in [0.3, 0.4) is 0 Å². The summed E-state index contributed by atoms with van der Waals surface area (Å²) in [6.45, 7) is 4.19. The Labute approximate surface area is 350 Å². The molecule has 0 rings (SSSR count). The second-order valence-corrected chi connectivity index (χ2v) is 17.4. The first-order valence-electron chi connectivity index (χ1n) is 25.1. The molecule has 0 fully saturated rings. The van der Waals surface area contributed by atoms with Crippen molar-refractivity contribution in [2.75, 3.05) is 6.61 Å². The molecule has 0 aliphatic rings. The van der Waals surface area contributed by atoms with Gasteiger partial charge in [-0.15, -0.1) is 0 Å². The van der Waals surface area contributed by atoms with Crippen LogP contribution in [0.5, 0.6) is 0 Å². The van der Waals surface area contributed by atoms with Gasteiger partial charge in [-0.3, -0.25) is 4.79 Å². The molecule has 0 aliphatic heterocycles. The van der Waals surface area contributed by atoms with Gasteiger partial charge in [0.25, 0.3) is 0 Å². The van der Waals surface area contributed by atoms with Crippen LogP contribution in [0.4, 0.5) is 0 Å². The average molecular weight is 790 g/mol. The predicted molar refractivity (Wildman–Crippen MR) is 245 cm³/mol. The van der Waals surface area contributed by atoms with Gasteiger partial charge in [0.1, 0.15) is 6.10 Å². The second-order valence-electron chi connectivity index (χ2n) is 17.4. The standard InChI is InChI=1S/C51H99NO4/c1-3-5-7-9-11-13-15-17-19-21-23-25-26-27-29-31-33-35-37-39-41-43-45-49(54)51(56)48(47-53)52-50(55)46-44-42-40-38-36-34-32-30-28-24-22-20-18-16-14-12-10-8-6-4-2/h29,31,37,39,48-49,51,53-54,56H,3-28,30,32-36,38,40-47H2,1-2H3,(H,52,55)/b31-29+,39-37+. The van der Waals surface area contributed by atoms with Gasteiger partial charge in [0.2, 0.25) is 5.91 Å². The maximum atomic E-state index is 12.5. The van der Waals surface area contributed by atoms with Crippen molar-refractivity contribution in [3.05, 3.63) is 24.3 Å². The summed E-state index contributed by atoms with van der Waals surface area (Å²) in [4.78, 5) is 12.5. The molecule has 0 saturated heterocycles. The molecule has 3 atom stereocenters. The highest BCUT2D eigenvalue weighted by molar-refractivity contribution is 5.76. The fourth-order valence-electron chi connectivity index (χ4n) is 7.89. The molecule has 0 spiro atoms. The lowest BCUT2D eigenvalue weighted by Crippen LogP contribution is -2.50. The van der Waals surface area contributed by atoms with E-state index in [1.54, 1.807) is 0 Å². The van der Waals surface area contributed by atoms with Crippen LogP contribution in [-0.2, 0) is 4.79 Å². The van der Waals surface area contributed by atoms with E-state index in [-0.39, 0.29) is 12.5 Å². The van der Waals surface area contributed by atoms with Gasteiger partial charge in [-0.2, -0.15) is 0 Å². The van der Waals surface area contributed by atoms with Crippen molar-refractivity contribution in [1.29, 1.82) is 0 Å². The SMILES string of the molecule is CCCCCCCCCCCCCCC/C=C/CC/C=C/CCCC(O)C(O)C(CO)NC(=O)CCCCCCCCCCCCCCCCCCCCCC. The molecule has 4 N–H and O–H groups in total. The minimum atomic E-state index is -1.16. The third-order valence-corrected chi connectivity index (χ3v) is 11.8. The zero-order chi connectivity index (χ0) is 40.8. The Balaban J connectivity index is 3.62. The fourth-order valence-corrected chi connectivity index (χ4v) is 7.89. The molecule has 0 bridgehead atoms. The molecule has 3 unspecified atom stereocenters. The van der Waals surface area contributed by atoms with E-state index in [0.29, 0.717) is 12.8 Å². The molecule has 0 heterocycles. The number of carbonyl (C=O) groups is 1. The minimum Gasteiger partial charge on any atom is -0.394 e. The van der Waals surface area contributed by atoms with E-state index in [9.17, 15) is 20.1 Å². The largest absolute Gasteiger partial charge is 0.394 e. The smallest absolute Gasteiger partial charge is 0.220 e. The third kappa shape index (κ3) is 41.0. The van der Waals surface area contributed by atoms with Gasteiger partial charge in [-0.05, 0) is 51.4 Å². The molecular weight excluding hydrogens is 691 g/mol. The summed E-state index contributed by atoms with van der Waals surface area (Å²) in [6.07, 6.45) is 57.4. The average Bonchev–Trinajstić information content (AvgIpc) is 3.20. The summed E-state index contributed by atoms with van der Waals surface area (Å²) in [6, 6.07) is -0.829. The molecule has 5 nitrogen and oxygen atoms in total. The molecule has 0 saturated carbocycles. The lowest BCUT2D eigenvalue weighted by molar-refractivity contribution is -0.124. The van der Waals surface area contributed by atoms with Gasteiger partial charge in [-0.25, -0.2) is 0 Å². The normalized spacial score (nSPS) is 13.6. The van der Waals surface area contributed by atoms with Gasteiger partial charge in [0.15, 0.2) is 0 Å². The van der Waals surface area contributed by atoms with Gasteiger partial charge in [0, 0.05) is 6.42 Å². The Morgan fingerprint density at radius 2 is 0.732 bits per heavy atom. The van der Waals surface area contributed by atoms with Crippen molar-refractivity contribution >= 4 is 5.91 Å². The Morgan fingerprint density at radius 3 is 1.09 bits per heavy atom. The van der Waals surface area contributed by atoms with E-state index in [0.717, 1.165) is 44.9 Å². The van der Waals surface area contributed by atoms with E-state index >= 15 is 0 Å². The summed E-state index contributed by atoms with van der Waals surface area (Å²) in [5, 5.41) is 33.6. The van der Waals surface area contributed by atoms with Crippen molar-refractivity contribution in [2.24, 2.45) is 0 Å². The maximum absolute atomic E-state index is 12.5. The quantitative estimate of drug-likeness (QED) is 0.0365. The Kier molecular flexibility index (Phi) is 45.5. The number of hydrogen-bond donors (Lipinski definition) is 4. The van der Waals surface area contributed by atoms with Gasteiger partial charge in [0.05, 0.1) is 18.8 Å². The predicted octanol–water partition coefficient (Wildman–Crippen LogP) is 14.9. The Bertz CT molecular complexity index is 829. The molecule has 0 aliphatic carbocycles. The van der Waals surface area contributed by atoms with E-state index in [4.69, 9.17) is 0 Å². The highest BCUT2D eigenvalue weighted by Crippen LogP contribution is 2.17. The minimum absolute atomic E-state index is 0.154. The summed E-state index contributed by atoms with van der Waals surface area (Å²) in [5.74, 6) is -0.154. The Morgan fingerprint density at radius 1 is 0.429 bits per heavy atom. The molecule has 0 aromatic rings. The van der Waals surface area contributed by atoms with Crippen LogP contribution in [0.2, 0.25) is 0 Å². The number of allylic oxidation sites excluding steroid dienone is 4. The molecule has 0 aromatic carbocycles. The lowest BCUT2D eigenvalue weighted by atomic mass is 10.0. The number of aliphatic hydroxyl groups is 3. The van der Waals surface area contributed by atoms with E-state index in [2.05, 4.69) is 43.5 Å². The number of rotatable bonds is 46. The van der Waals surface area contributed by atoms with Crippen LogP contribution in [0.15, 0.2) is 24.3 Å². The van der Waals surface area contributed by atoms with Crippen LogP contribution in [0, 0.1) is 0 Å². The van der Waals surface area contributed by atoms with Crippen molar-refractivity contribution in [3.63, 3.8) is 0 Å². The van der Waals surface area contributed by atoms with Crippen LogP contribution < -0.4 is 5.32 Å². The van der Waals surface area contributed by atoms with Crippen molar-refractivity contribution in [3.8, 4) is 0 Å². The van der Waals surface area contributed by atoms with Crippen LogP contribution in [-0.4, -0.2) is 46.1 Å². The number of carbonyl (C=O) groups excluding carboxylic acids is 1. The second kappa shape index (κ2) is 46.5. The van der Waals surface area contributed by atoms with E-state index in [1.165, 1.54) is 199 Å². The number of nitrogens with one attached hydrogen (secondary N) is 1. The van der Waals surface area contributed by atoms with E-state index in [1.807, 2.05) is 0 Å². The molecular formula is C51H99NO4. The number of hydrogen-bond acceptors (Lipinski definition) is 4. The highest BCUT2D eigenvalue weighted by atomic mass is 16.3. The molecule has 56 heavy (non-hydrogen) atoms. The topological polar surface area (TPSA) is 89.8 Å². The summed E-state index contributed by atoms with van der Waals surface area (Å²) < 4.78 is 0. The van der Waals surface area contributed by atoms with Gasteiger partial charge < -0.3 is 20.6 Å². The fraction of sp³-hybridized carbons (Fsp3) is 0.902. The molecule has 0 radical (unpaired) electrons. The first kappa shape index (κ1) is 54.8. The van der Waals surface area contributed by atoms with Crippen LogP contribution in [0.25, 0.3) is 0 Å². The van der Waals surface area contributed by atoms with Crippen molar-refractivity contribution in [2.45, 2.75) is 289 Å². The summed E-state index contributed by atoms with van der Waals surface area (Å²) >= 11 is 0. The lowest BCUT2D eigenvalue weighted by Gasteiger charge is -2.26. The third-order valence-electron chi connectivity index (χ3n) is 11.8. The van der Waals surface area contributed by atoms with Crippen LogP contribution in [0.1, 0.15) is 271 Å². The van der Waals surface area contributed by atoms with Gasteiger partial charge >= 0.3 is 0 Å². The molecule has 5 heteroatoms.